The summed E-state index contributed by atoms with van der Waals surface area (Å²) in [5, 5.41) is 21.0. The lowest BCUT2D eigenvalue weighted by atomic mass is 10.1. The second-order valence-corrected chi connectivity index (χ2v) is 4.24. The zero-order chi connectivity index (χ0) is 13.7. The van der Waals surface area contributed by atoms with Crippen molar-refractivity contribution in [1.29, 1.82) is 5.26 Å². The maximum Gasteiger partial charge on any atom is 0.326 e. The number of aliphatic carboxylic acids is 1. The van der Waals surface area contributed by atoms with E-state index in [4.69, 9.17) is 10.4 Å². The summed E-state index contributed by atoms with van der Waals surface area (Å²) in [5.74, 6) is -0.572. The maximum atomic E-state index is 11.1. The molecule has 1 aromatic heterocycles. The number of nitriles is 1. The van der Waals surface area contributed by atoms with E-state index in [-0.39, 0.29) is 0 Å². The van der Waals surface area contributed by atoms with Gasteiger partial charge in [-0.15, -0.1) is 0 Å². The Morgan fingerprint density at radius 2 is 2.28 bits per heavy atom. The quantitative estimate of drug-likeness (QED) is 0.833. The van der Waals surface area contributed by atoms with Crippen molar-refractivity contribution in [1.82, 2.24) is 4.98 Å². The molecule has 0 amide bonds. The van der Waals surface area contributed by atoms with E-state index in [0.29, 0.717) is 17.8 Å². The van der Waals surface area contributed by atoms with E-state index in [1.54, 1.807) is 6.07 Å². The monoisotopic (exact) mass is 247 g/mol. The molecule has 1 rings (SSSR count). The lowest BCUT2D eigenvalue weighted by Gasteiger charge is -2.16. The summed E-state index contributed by atoms with van der Waals surface area (Å²) in [6, 6.07) is 3.15. The number of aryl methyl sites for hydroxylation is 2. The fraction of sp³-hybridized carbons (Fsp3) is 0.462. The third kappa shape index (κ3) is 3.20. The molecule has 0 saturated heterocycles. The first-order valence-electron chi connectivity index (χ1n) is 5.87. The van der Waals surface area contributed by atoms with Gasteiger partial charge < -0.3 is 10.4 Å². The molecule has 0 aliphatic rings. The third-order valence-electron chi connectivity index (χ3n) is 2.64. The topological polar surface area (TPSA) is 86.0 Å². The smallest absolute Gasteiger partial charge is 0.326 e. The highest BCUT2D eigenvalue weighted by Crippen LogP contribution is 2.19. The van der Waals surface area contributed by atoms with Crippen molar-refractivity contribution in [2.45, 2.75) is 39.7 Å². The van der Waals surface area contributed by atoms with Gasteiger partial charge in [0.2, 0.25) is 0 Å². The van der Waals surface area contributed by atoms with Gasteiger partial charge in [0.15, 0.2) is 0 Å². The van der Waals surface area contributed by atoms with Crippen LogP contribution in [-0.2, 0) is 4.79 Å². The van der Waals surface area contributed by atoms with Gasteiger partial charge in [-0.3, -0.25) is 0 Å². The van der Waals surface area contributed by atoms with Crippen molar-refractivity contribution >= 4 is 11.8 Å². The first kappa shape index (κ1) is 14.0. The Morgan fingerprint density at radius 3 is 2.78 bits per heavy atom. The average Bonchev–Trinajstić information content (AvgIpc) is 2.27. The second-order valence-electron chi connectivity index (χ2n) is 4.24. The van der Waals surface area contributed by atoms with Gasteiger partial charge in [-0.1, -0.05) is 13.3 Å². The summed E-state index contributed by atoms with van der Waals surface area (Å²) in [6.45, 7) is 5.54. The van der Waals surface area contributed by atoms with Gasteiger partial charge >= 0.3 is 5.97 Å². The predicted molar refractivity (Wildman–Crippen MR) is 68.4 cm³/mol. The lowest BCUT2D eigenvalue weighted by Crippen LogP contribution is -2.30. The van der Waals surface area contributed by atoms with Gasteiger partial charge in [-0.25, -0.2) is 9.78 Å². The molecule has 1 atom stereocenters. The number of carbonyl (C=O) groups is 1. The molecule has 0 bridgehead atoms. The standard InChI is InChI=1S/C13H17N3O2/c1-4-5-11(13(17)18)16-12-10(7-14)8(2)6-9(3)15-12/h6,11H,4-5H2,1-3H3,(H,15,16)(H,17,18). The summed E-state index contributed by atoms with van der Waals surface area (Å²) >= 11 is 0. The minimum absolute atomic E-state index is 0.357. The molecular formula is C13H17N3O2. The van der Waals surface area contributed by atoms with Crippen LogP contribution in [0.25, 0.3) is 0 Å². The Morgan fingerprint density at radius 1 is 1.61 bits per heavy atom. The van der Waals surface area contributed by atoms with Crippen molar-refractivity contribution in [3.8, 4) is 6.07 Å². The largest absolute Gasteiger partial charge is 0.480 e. The fourth-order valence-electron chi connectivity index (χ4n) is 1.79. The highest BCUT2D eigenvalue weighted by atomic mass is 16.4. The Balaban J connectivity index is 3.09. The molecule has 0 aliphatic carbocycles. The first-order chi connectivity index (χ1) is 8.49. The molecule has 5 nitrogen and oxygen atoms in total. The Hall–Kier alpha value is -2.09. The zero-order valence-corrected chi connectivity index (χ0v) is 10.8. The van der Waals surface area contributed by atoms with Gasteiger partial charge in [-0.2, -0.15) is 5.26 Å². The van der Waals surface area contributed by atoms with Gasteiger partial charge in [0.05, 0.1) is 5.56 Å². The molecule has 1 unspecified atom stereocenters. The number of aromatic nitrogens is 1. The maximum absolute atomic E-state index is 11.1. The molecule has 0 fully saturated rings. The van der Waals surface area contributed by atoms with Crippen molar-refractivity contribution in [2.75, 3.05) is 5.32 Å². The molecule has 0 spiro atoms. The van der Waals surface area contributed by atoms with E-state index in [2.05, 4.69) is 16.4 Å². The van der Waals surface area contributed by atoms with E-state index in [9.17, 15) is 4.79 Å². The summed E-state index contributed by atoms with van der Waals surface area (Å²) < 4.78 is 0. The number of anilines is 1. The third-order valence-corrected chi connectivity index (χ3v) is 2.64. The number of nitrogens with one attached hydrogen (secondary N) is 1. The SMILES string of the molecule is CCCC(Nc1nc(C)cc(C)c1C#N)C(=O)O. The van der Waals surface area contributed by atoms with Crippen molar-refractivity contribution in [2.24, 2.45) is 0 Å². The number of hydrogen-bond donors (Lipinski definition) is 2. The van der Waals surface area contributed by atoms with Gasteiger partial charge in [0, 0.05) is 5.69 Å². The number of hydrogen-bond acceptors (Lipinski definition) is 4. The molecule has 5 heteroatoms. The number of pyridine rings is 1. The minimum atomic E-state index is -0.929. The fourth-order valence-corrected chi connectivity index (χ4v) is 1.79. The van der Waals surface area contributed by atoms with E-state index < -0.39 is 12.0 Å². The van der Waals surface area contributed by atoms with Crippen LogP contribution in [0.4, 0.5) is 5.82 Å². The average molecular weight is 247 g/mol. The minimum Gasteiger partial charge on any atom is -0.480 e. The van der Waals surface area contributed by atoms with Crippen LogP contribution in [0, 0.1) is 25.2 Å². The molecular weight excluding hydrogens is 230 g/mol. The molecule has 0 saturated carbocycles. The summed E-state index contributed by atoms with van der Waals surface area (Å²) in [4.78, 5) is 15.3. The van der Waals surface area contributed by atoms with E-state index in [1.807, 2.05) is 20.8 Å². The van der Waals surface area contributed by atoms with E-state index in [1.165, 1.54) is 0 Å². The number of carboxylic acid groups (broad SMARTS) is 1. The zero-order valence-electron chi connectivity index (χ0n) is 10.8. The van der Waals surface area contributed by atoms with Gasteiger partial charge in [-0.05, 0) is 31.9 Å². The van der Waals surface area contributed by atoms with E-state index in [0.717, 1.165) is 17.7 Å². The Labute approximate surface area is 106 Å². The molecule has 0 radical (unpaired) electrons. The van der Waals surface area contributed by atoms with Crippen LogP contribution in [0.3, 0.4) is 0 Å². The normalized spacial score (nSPS) is 11.7. The number of nitrogens with zero attached hydrogens (tertiary/aromatic N) is 2. The van der Waals surface area contributed by atoms with Crippen molar-refractivity contribution in [3.63, 3.8) is 0 Å². The predicted octanol–water partition coefficient (Wildman–Crippen LogP) is 2.24. The second kappa shape index (κ2) is 6.01. The number of rotatable bonds is 5. The molecule has 2 N–H and O–H groups in total. The van der Waals surface area contributed by atoms with Gasteiger partial charge in [0.1, 0.15) is 17.9 Å². The molecule has 0 aliphatic heterocycles. The van der Waals surface area contributed by atoms with Crippen LogP contribution in [0.5, 0.6) is 0 Å². The summed E-state index contributed by atoms with van der Waals surface area (Å²) in [5.41, 5.74) is 1.96. The lowest BCUT2D eigenvalue weighted by molar-refractivity contribution is -0.138. The molecule has 1 aromatic rings. The van der Waals surface area contributed by atoms with Crippen molar-refractivity contribution < 1.29 is 9.90 Å². The van der Waals surface area contributed by atoms with Gasteiger partial charge in [0.25, 0.3) is 0 Å². The molecule has 18 heavy (non-hydrogen) atoms. The van der Waals surface area contributed by atoms with E-state index >= 15 is 0 Å². The first-order valence-corrected chi connectivity index (χ1v) is 5.87. The van der Waals surface area contributed by atoms with Crippen LogP contribution < -0.4 is 5.32 Å². The molecule has 1 heterocycles. The highest BCUT2D eigenvalue weighted by molar-refractivity contribution is 5.77. The number of carboxylic acids is 1. The molecule has 96 valence electrons. The summed E-state index contributed by atoms with van der Waals surface area (Å²) in [6.07, 6.45) is 1.24. The van der Waals surface area contributed by atoms with Crippen LogP contribution in [0.1, 0.15) is 36.6 Å². The van der Waals surface area contributed by atoms with Crippen LogP contribution in [0.15, 0.2) is 6.07 Å². The Kier molecular flexibility index (Phi) is 4.67. The van der Waals surface area contributed by atoms with Crippen LogP contribution >= 0.6 is 0 Å². The van der Waals surface area contributed by atoms with Crippen LogP contribution in [0.2, 0.25) is 0 Å². The van der Waals surface area contributed by atoms with Crippen molar-refractivity contribution in [3.05, 3.63) is 22.9 Å². The van der Waals surface area contributed by atoms with Crippen LogP contribution in [-0.4, -0.2) is 22.1 Å². The summed E-state index contributed by atoms with van der Waals surface area (Å²) in [7, 11) is 0. The highest BCUT2D eigenvalue weighted by Gasteiger charge is 2.19. The Bertz CT molecular complexity index is 492. The molecule has 0 aromatic carbocycles.